The van der Waals surface area contributed by atoms with Gasteiger partial charge in [-0.3, -0.25) is 9.59 Å². The number of nitrogens with zero attached hydrogens (tertiary/aromatic N) is 1. The summed E-state index contributed by atoms with van der Waals surface area (Å²) in [6.45, 7) is 5.39. The predicted octanol–water partition coefficient (Wildman–Crippen LogP) is 1.47. The van der Waals surface area contributed by atoms with E-state index in [9.17, 15) is 9.59 Å². The number of rotatable bonds is 4. The van der Waals surface area contributed by atoms with Crippen LogP contribution in [0.3, 0.4) is 0 Å². The monoisotopic (exact) mass is 242 g/mol. The Balaban J connectivity index is 2.70. The second-order valence-corrected chi connectivity index (χ2v) is 4.65. The average Bonchev–Trinajstić information content (AvgIpc) is 2.65. The van der Waals surface area contributed by atoms with Crippen LogP contribution in [0.4, 0.5) is 0 Å². The number of aromatic nitrogens is 1. The highest BCUT2D eigenvalue weighted by Crippen LogP contribution is 2.18. The molecule has 1 amide bonds. The Morgan fingerprint density at radius 3 is 2.50 bits per heavy atom. The minimum absolute atomic E-state index is 0.267. The van der Waals surface area contributed by atoms with Crippen molar-refractivity contribution in [3.63, 3.8) is 0 Å². The van der Waals surface area contributed by atoms with Gasteiger partial charge in [0, 0.05) is 11.3 Å². The van der Waals surface area contributed by atoms with Gasteiger partial charge in [-0.05, 0) is 6.92 Å². The molecule has 0 saturated carbocycles. The lowest BCUT2D eigenvalue weighted by molar-refractivity contribution is -0.138. The Kier molecular flexibility index (Phi) is 4.00. The van der Waals surface area contributed by atoms with Crippen molar-refractivity contribution in [1.29, 1.82) is 0 Å². The molecule has 0 saturated heterocycles. The fraction of sp³-hybridized carbons (Fsp3) is 0.500. The summed E-state index contributed by atoms with van der Waals surface area (Å²) in [6, 6.07) is -0.906. The number of amides is 1. The largest absolute Gasteiger partial charge is 0.480 e. The zero-order valence-electron chi connectivity index (χ0n) is 9.35. The molecule has 0 unspecified atom stereocenters. The van der Waals surface area contributed by atoms with Gasteiger partial charge in [0.1, 0.15) is 11.7 Å². The highest BCUT2D eigenvalue weighted by Gasteiger charge is 2.17. The van der Waals surface area contributed by atoms with Gasteiger partial charge in [-0.15, -0.1) is 11.3 Å². The van der Waals surface area contributed by atoms with Crippen molar-refractivity contribution in [2.75, 3.05) is 0 Å². The third kappa shape index (κ3) is 3.03. The van der Waals surface area contributed by atoms with E-state index in [2.05, 4.69) is 10.3 Å². The molecule has 0 radical (unpaired) electrons. The van der Waals surface area contributed by atoms with E-state index in [0.717, 1.165) is 5.01 Å². The molecule has 5 nitrogen and oxygen atoms in total. The van der Waals surface area contributed by atoms with Gasteiger partial charge in [0.05, 0.1) is 5.01 Å². The van der Waals surface area contributed by atoms with Crippen LogP contribution in [-0.4, -0.2) is 28.0 Å². The molecule has 0 aliphatic carbocycles. The molecular formula is C10H14N2O3S. The van der Waals surface area contributed by atoms with Crippen molar-refractivity contribution < 1.29 is 14.7 Å². The van der Waals surface area contributed by atoms with E-state index < -0.39 is 17.9 Å². The summed E-state index contributed by atoms with van der Waals surface area (Å²) < 4.78 is 0. The molecule has 0 spiro atoms. The van der Waals surface area contributed by atoms with Gasteiger partial charge >= 0.3 is 5.97 Å². The number of aliphatic carboxylic acids is 1. The van der Waals surface area contributed by atoms with E-state index >= 15 is 0 Å². The SMILES string of the molecule is CC(C)c1nc(C(=O)N[C@@H](C)C(=O)O)cs1. The maximum Gasteiger partial charge on any atom is 0.325 e. The Bertz CT molecular complexity index is 401. The first-order chi connectivity index (χ1) is 7.41. The predicted molar refractivity (Wildman–Crippen MR) is 60.8 cm³/mol. The Morgan fingerprint density at radius 2 is 2.06 bits per heavy atom. The molecule has 1 atom stereocenters. The standard InChI is InChI=1S/C10H14N2O3S/c1-5(2)9-12-7(4-16-9)8(13)11-6(3)10(14)15/h4-6H,1-3H3,(H,11,13)(H,14,15)/t6-/m0/s1. The summed E-state index contributed by atoms with van der Waals surface area (Å²) in [6.07, 6.45) is 0. The molecule has 0 aliphatic heterocycles. The minimum Gasteiger partial charge on any atom is -0.480 e. The third-order valence-electron chi connectivity index (χ3n) is 1.97. The zero-order chi connectivity index (χ0) is 12.3. The average molecular weight is 242 g/mol. The van der Waals surface area contributed by atoms with Crippen LogP contribution in [0.15, 0.2) is 5.38 Å². The van der Waals surface area contributed by atoms with Crippen molar-refractivity contribution in [1.82, 2.24) is 10.3 Å². The van der Waals surface area contributed by atoms with Crippen molar-refractivity contribution in [2.24, 2.45) is 0 Å². The summed E-state index contributed by atoms with van der Waals surface area (Å²) in [5, 5.41) is 13.5. The molecular weight excluding hydrogens is 228 g/mol. The summed E-state index contributed by atoms with van der Waals surface area (Å²) in [4.78, 5) is 26.2. The van der Waals surface area contributed by atoms with Crippen LogP contribution < -0.4 is 5.32 Å². The van der Waals surface area contributed by atoms with Crippen LogP contribution in [0.5, 0.6) is 0 Å². The van der Waals surface area contributed by atoms with Gasteiger partial charge in [0.25, 0.3) is 5.91 Å². The lowest BCUT2D eigenvalue weighted by atomic mass is 10.2. The summed E-state index contributed by atoms with van der Waals surface area (Å²) in [7, 11) is 0. The van der Waals surface area contributed by atoms with Gasteiger partial charge in [-0.1, -0.05) is 13.8 Å². The second-order valence-electron chi connectivity index (χ2n) is 3.76. The van der Waals surface area contributed by atoms with Crippen LogP contribution in [0.25, 0.3) is 0 Å². The van der Waals surface area contributed by atoms with E-state index in [-0.39, 0.29) is 11.6 Å². The first kappa shape index (κ1) is 12.6. The number of hydrogen-bond acceptors (Lipinski definition) is 4. The molecule has 0 aromatic carbocycles. The zero-order valence-corrected chi connectivity index (χ0v) is 10.2. The summed E-state index contributed by atoms with van der Waals surface area (Å²) >= 11 is 1.40. The van der Waals surface area contributed by atoms with E-state index in [1.54, 1.807) is 5.38 Å². The quantitative estimate of drug-likeness (QED) is 0.838. The van der Waals surface area contributed by atoms with E-state index in [0.29, 0.717) is 0 Å². The van der Waals surface area contributed by atoms with Gasteiger partial charge in [-0.2, -0.15) is 0 Å². The highest BCUT2D eigenvalue weighted by molar-refractivity contribution is 7.09. The molecule has 16 heavy (non-hydrogen) atoms. The smallest absolute Gasteiger partial charge is 0.325 e. The molecule has 0 bridgehead atoms. The number of carbonyl (C=O) groups excluding carboxylic acids is 1. The van der Waals surface area contributed by atoms with Crippen LogP contribution in [0.2, 0.25) is 0 Å². The molecule has 0 fully saturated rings. The third-order valence-corrected chi connectivity index (χ3v) is 3.11. The summed E-state index contributed by atoms with van der Waals surface area (Å²) in [5.74, 6) is -1.24. The number of carboxylic acids is 1. The number of thiazole rings is 1. The fourth-order valence-corrected chi connectivity index (χ4v) is 1.80. The number of hydrogen-bond donors (Lipinski definition) is 2. The van der Waals surface area contributed by atoms with E-state index in [4.69, 9.17) is 5.11 Å². The van der Waals surface area contributed by atoms with Crippen LogP contribution >= 0.6 is 11.3 Å². The molecule has 88 valence electrons. The number of carbonyl (C=O) groups is 2. The molecule has 6 heteroatoms. The summed E-state index contributed by atoms with van der Waals surface area (Å²) in [5.41, 5.74) is 0.279. The van der Waals surface area contributed by atoms with E-state index in [1.165, 1.54) is 18.3 Å². The topological polar surface area (TPSA) is 79.3 Å². The van der Waals surface area contributed by atoms with Crippen LogP contribution in [-0.2, 0) is 4.79 Å². The van der Waals surface area contributed by atoms with Crippen LogP contribution in [0, 0.1) is 0 Å². The lowest BCUT2D eigenvalue weighted by Crippen LogP contribution is -2.38. The molecule has 2 N–H and O–H groups in total. The normalized spacial score (nSPS) is 12.5. The lowest BCUT2D eigenvalue weighted by Gasteiger charge is -2.06. The maximum atomic E-state index is 11.6. The first-order valence-corrected chi connectivity index (χ1v) is 5.79. The maximum absolute atomic E-state index is 11.6. The first-order valence-electron chi connectivity index (χ1n) is 4.91. The Morgan fingerprint density at radius 1 is 1.44 bits per heavy atom. The van der Waals surface area contributed by atoms with Gasteiger partial charge < -0.3 is 10.4 Å². The van der Waals surface area contributed by atoms with Crippen molar-refractivity contribution in [3.05, 3.63) is 16.1 Å². The number of nitrogens with one attached hydrogen (secondary N) is 1. The molecule has 1 rings (SSSR count). The van der Waals surface area contributed by atoms with Gasteiger partial charge in [0.2, 0.25) is 0 Å². The molecule has 0 aliphatic rings. The van der Waals surface area contributed by atoms with Crippen molar-refractivity contribution >= 4 is 23.2 Å². The Labute approximate surface area is 97.5 Å². The van der Waals surface area contributed by atoms with Crippen molar-refractivity contribution in [2.45, 2.75) is 32.7 Å². The van der Waals surface area contributed by atoms with Gasteiger partial charge in [-0.25, -0.2) is 4.98 Å². The van der Waals surface area contributed by atoms with E-state index in [1.807, 2.05) is 13.8 Å². The van der Waals surface area contributed by atoms with Crippen LogP contribution in [0.1, 0.15) is 42.2 Å². The highest BCUT2D eigenvalue weighted by atomic mass is 32.1. The molecule has 1 heterocycles. The fourth-order valence-electron chi connectivity index (χ4n) is 0.989. The Hall–Kier alpha value is -1.43. The van der Waals surface area contributed by atoms with Crippen molar-refractivity contribution in [3.8, 4) is 0 Å². The molecule has 1 aromatic rings. The molecule has 1 aromatic heterocycles. The number of carboxylic acid groups (broad SMARTS) is 1. The second kappa shape index (κ2) is 5.07. The van der Waals surface area contributed by atoms with Gasteiger partial charge in [0.15, 0.2) is 0 Å². The minimum atomic E-state index is -1.06.